The third-order valence-electron chi connectivity index (χ3n) is 6.63. The lowest BCUT2D eigenvalue weighted by Gasteiger charge is -2.35. The second kappa shape index (κ2) is 12.3. The van der Waals surface area contributed by atoms with Gasteiger partial charge in [-0.2, -0.15) is 8.42 Å². The molecule has 2 aliphatic rings. The molecule has 204 valence electrons. The fourth-order valence-corrected chi connectivity index (χ4v) is 5.07. The Balaban J connectivity index is 1.49. The van der Waals surface area contributed by atoms with Crippen LogP contribution in [0.5, 0.6) is 5.75 Å². The third-order valence-corrected chi connectivity index (χ3v) is 7.56. The van der Waals surface area contributed by atoms with Crippen LogP contribution in [0.4, 0.5) is 0 Å². The second-order valence-electron chi connectivity index (χ2n) is 9.30. The molecule has 1 fully saturated rings. The molecule has 0 saturated carbocycles. The summed E-state index contributed by atoms with van der Waals surface area (Å²) in [6.07, 6.45) is 1.89. The number of carbonyl (C=O) groups is 2. The summed E-state index contributed by atoms with van der Waals surface area (Å²) >= 11 is 6.06. The smallest absolute Gasteiger partial charge is 0.336 e. The second-order valence-corrected chi connectivity index (χ2v) is 11.3. The maximum atomic E-state index is 13.4. The van der Waals surface area contributed by atoms with Crippen LogP contribution in [0, 0.1) is 0 Å². The standard InChI is InChI=1S/C27H30ClNO8S/c1-18-26(27(31)37-17-19-4-10-22(11-5-19)36-13-14-38(32,33)34)24(20-6-8-21(28)9-7-20)15-25(30)29(18)16-23-3-2-12-35-23/h4-11,23-24H,2-3,12-17H2,1H3,(H,32,33,34)/t23-,24-/m1/s1. The van der Waals surface area contributed by atoms with Crippen molar-refractivity contribution >= 4 is 33.6 Å². The first-order valence-electron chi connectivity index (χ1n) is 12.3. The number of amides is 1. The Labute approximate surface area is 227 Å². The van der Waals surface area contributed by atoms with E-state index in [9.17, 15) is 18.0 Å². The van der Waals surface area contributed by atoms with Crippen LogP contribution in [0.3, 0.4) is 0 Å². The molecule has 38 heavy (non-hydrogen) atoms. The molecule has 0 unspecified atom stereocenters. The van der Waals surface area contributed by atoms with E-state index in [1.807, 2.05) is 12.1 Å². The number of benzene rings is 2. The van der Waals surface area contributed by atoms with Crippen molar-refractivity contribution in [1.82, 2.24) is 4.90 Å². The van der Waals surface area contributed by atoms with Crippen LogP contribution in [-0.4, -0.2) is 61.4 Å². The number of rotatable bonds is 10. The van der Waals surface area contributed by atoms with Gasteiger partial charge in [-0.05, 0) is 55.2 Å². The number of ether oxygens (including phenoxy) is 3. The Morgan fingerprint density at radius 3 is 2.50 bits per heavy atom. The van der Waals surface area contributed by atoms with Crippen LogP contribution in [0.25, 0.3) is 0 Å². The summed E-state index contributed by atoms with van der Waals surface area (Å²) in [6.45, 7) is 2.64. The minimum atomic E-state index is -4.10. The largest absolute Gasteiger partial charge is 0.492 e. The van der Waals surface area contributed by atoms with E-state index in [0.717, 1.165) is 18.4 Å². The number of hydrogen-bond donors (Lipinski definition) is 1. The number of nitrogens with zero attached hydrogens (tertiary/aromatic N) is 1. The van der Waals surface area contributed by atoms with Crippen LogP contribution in [0.15, 0.2) is 59.8 Å². The Morgan fingerprint density at radius 2 is 1.87 bits per heavy atom. The molecule has 1 amide bonds. The van der Waals surface area contributed by atoms with Crippen molar-refractivity contribution in [2.24, 2.45) is 0 Å². The van der Waals surface area contributed by atoms with E-state index < -0.39 is 27.8 Å². The summed E-state index contributed by atoms with van der Waals surface area (Å²) in [5.74, 6) is -1.14. The van der Waals surface area contributed by atoms with Crippen LogP contribution >= 0.6 is 11.6 Å². The normalized spacial score (nSPS) is 20.1. The van der Waals surface area contributed by atoms with Gasteiger partial charge in [0.1, 0.15) is 24.7 Å². The maximum Gasteiger partial charge on any atom is 0.336 e. The fourth-order valence-electron chi connectivity index (χ4n) is 4.65. The molecule has 2 heterocycles. The molecule has 0 spiro atoms. The molecule has 0 bridgehead atoms. The highest BCUT2D eigenvalue weighted by molar-refractivity contribution is 7.85. The van der Waals surface area contributed by atoms with Gasteiger partial charge in [0.15, 0.2) is 0 Å². The molecular formula is C27H30ClNO8S. The van der Waals surface area contributed by atoms with E-state index in [4.69, 9.17) is 30.4 Å². The van der Waals surface area contributed by atoms with Crippen molar-refractivity contribution in [2.45, 2.75) is 44.8 Å². The van der Waals surface area contributed by atoms with Crippen LogP contribution in [0.2, 0.25) is 5.02 Å². The van der Waals surface area contributed by atoms with Crippen LogP contribution in [0.1, 0.15) is 43.2 Å². The lowest BCUT2D eigenvalue weighted by molar-refractivity contribution is -0.141. The number of halogens is 1. The highest BCUT2D eigenvalue weighted by atomic mass is 35.5. The number of carbonyl (C=O) groups excluding carboxylic acids is 2. The Bertz CT molecular complexity index is 1290. The first kappa shape index (κ1) is 28.1. The topological polar surface area (TPSA) is 119 Å². The lowest BCUT2D eigenvalue weighted by Crippen LogP contribution is -2.42. The van der Waals surface area contributed by atoms with E-state index in [1.54, 1.807) is 48.2 Å². The molecule has 1 N–H and O–H groups in total. The van der Waals surface area contributed by atoms with Gasteiger partial charge in [0.25, 0.3) is 10.1 Å². The van der Waals surface area contributed by atoms with Gasteiger partial charge in [-0.1, -0.05) is 35.9 Å². The molecule has 0 aromatic heterocycles. The zero-order valence-electron chi connectivity index (χ0n) is 21.0. The van der Waals surface area contributed by atoms with E-state index in [2.05, 4.69) is 0 Å². The monoisotopic (exact) mass is 563 g/mol. The molecule has 0 aliphatic carbocycles. The van der Waals surface area contributed by atoms with Gasteiger partial charge in [0.05, 0.1) is 18.2 Å². The van der Waals surface area contributed by atoms with Gasteiger partial charge in [-0.3, -0.25) is 9.35 Å². The van der Waals surface area contributed by atoms with Crippen LogP contribution in [-0.2, 0) is 35.8 Å². The summed E-state index contributed by atoms with van der Waals surface area (Å²) in [4.78, 5) is 28.2. The Hall–Kier alpha value is -2.92. The highest BCUT2D eigenvalue weighted by Crippen LogP contribution is 2.38. The SMILES string of the molecule is CC1=C(C(=O)OCc2ccc(OCCS(=O)(=O)O)cc2)[C@@H](c2ccc(Cl)cc2)CC(=O)N1C[C@H]1CCCO1. The van der Waals surface area contributed by atoms with Crippen molar-refractivity contribution in [3.8, 4) is 5.75 Å². The van der Waals surface area contributed by atoms with E-state index >= 15 is 0 Å². The summed E-state index contributed by atoms with van der Waals surface area (Å²) in [6, 6.07) is 13.7. The predicted molar refractivity (Wildman–Crippen MR) is 140 cm³/mol. The molecule has 1 saturated heterocycles. The van der Waals surface area contributed by atoms with E-state index in [-0.39, 0.29) is 31.6 Å². The van der Waals surface area contributed by atoms with Gasteiger partial charge in [-0.25, -0.2) is 4.79 Å². The van der Waals surface area contributed by atoms with Crippen molar-refractivity contribution in [3.63, 3.8) is 0 Å². The van der Waals surface area contributed by atoms with Gasteiger partial charge in [-0.15, -0.1) is 0 Å². The molecular weight excluding hydrogens is 534 g/mol. The lowest BCUT2D eigenvalue weighted by atomic mass is 9.83. The zero-order chi connectivity index (χ0) is 27.3. The Kier molecular flexibility index (Phi) is 9.09. The first-order valence-corrected chi connectivity index (χ1v) is 14.3. The predicted octanol–water partition coefficient (Wildman–Crippen LogP) is 4.12. The van der Waals surface area contributed by atoms with Crippen molar-refractivity contribution < 1.29 is 36.8 Å². The molecule has 2 atom stereocenters. The maximum absolute atomic E-state index is 13.4. The molecule has 2 aromatic carbocycles. The van der Waals surface area contributed by atoms with Gasteiger partial charge >= 0.3 is 5.97 Å². The average molecular weight is 564 g/mol. The van der Waals surface area contributed by atoms with E-state index in [1.165, 1.54) is 0 Å². The first-order chi connectivity index (χ1) is 18.1. The quantitative estimate of drug-likeness (QED) is 0.339. The number of allylic oxidation sites excluding steroid dienone is 1. The third kappa shape index (κ3) is 7.35. The molecule has 9 nitrogen and oxygen atoms in total. The molecule has 2 aliphatic heterocycles. The van der Waals surface area contributed by atoms with Crippen molar-refractivity contribution in [2.75, 3.05) is 25.5 Å². The molecule has 0 radical (unpaired) electrons. The fraction of sp³-hybridized carbons (Fsp3) is 0.407. The minimum Gasteiger partial charge on any atom is -0.492 e. The number of esters is 1. The summed E-state index contributed by atoms with van der Waals surface area (Å²) in [5, 5.41) is 0.561. The average Bonchev–Trinajstić information content (AvgIpc) is 3.39. The summed E-state index contributed by atoms with van der Waals surface area (Å²) in [5.41, 5.74) is 2.49. The minimum absolute atomic E-state index is 0.00602. The van der Waals surface area contributed by atoms with Gasteiger partial charge in [0.2, 0.25) is 5.91 Å². The highest BCUT2D eigenvalue weighted by Gasteiger charge is 2.38. The molecule has 11 heteroatoms. The van der Waals surface area contributed by atoms with Crippen molar-refractivity contribution in [1.29, 1.82) is 0 Å². The van der Waals surface area contributed by atoms with Gasteiger partial charge in [0, 0.05) is 29.7 Å². The van der Waals surface area contributed by atoms with Gasteiger partial charge < -0.3 is 19.1 Å². The van der Waals surface area contributed by atoms with E-state index in [0.29, 0.717) is 40.8 Å². The van der Waals surface area contributed by atoms with Crippen LogP contribution < -0.4 is 4.74 Å². The number of hydrogen-bond acceptors (Lipinski definition) is 7. The Morgan fingerprint density at radius 1 is 1.16 bits per heavy atom. The summed E-state index contributed by atoms with van der Waals surface area (Å²) < 4.78 is 47.2. The van der Waals surface area contributed by atoms with Crippen molar-refractivity contribution in [3.05, 3.63) is 76.0 Å². The summed E-state index contributed by atoms with van der Waals surface area (Å²) in [7, 11) is -4.10. The zero-order valence-corrected chi connectivity index (χ0v) is 22.5. The molecule has 4 rings (SSSR count). The molecule has 2 aromatic rings.